The SMILES string of the molecule is Cc1ccc(-c2nnc3c(C)c(C)c(Cl)nn23)cc1. The second-order valence-electron chi connectivity index (χ2n) is 4.67. The average molecular weight is 273 g/mol. The van der Waals surface area contributed by atoms with Crippen molar-refractivity contribution in [2.45, 2.75) is 20.8 Å². The van der Waals surface area contributed by atoms with E-state index in [0.717, 1.165) is 22.3 Å². The normalized spacial score (nSPS) is 11.2. The number of fused-ring (bicyclic) bond motifs is 1. The molecule has 0 aliphatic carbocycles. The van der Waals surface area contributed by atoms with Crippen molar-refractivity contribution in [2.24, 2.45) is 0 Å². The smallest absolute Gasteiger partial charge is 0.185 e. The van der Waals surface area contributed by atoms with Gasteiger partial charge in [-0.05, 0) is 26.3 Å². The Bertz CT molecular complexity index is 759. The average Bonchev–Trinajstić information content (AvgIpc) is 2.81. The summed E-state index contributed by atoms with van der Waals surface area (Å²) in [4.78, 5) is 0. The number of aryl methyl sites for hydroxylation is 2. The third-order valence-electron chi connectivity index (χ3n) is 3.35. The van der Waals surface area contributed by atoms with Gasteiger partial charge in [0.25, 0.3) is 0 Å². The summed E-state index contributed by atoms with van der Waals surface area (Å²) < 4.78 is 1.70. The van der Waals surface area contributed by atoms with E-state index in [1.165, 1.54) is 5.56 Å². The molecule has 0 aliphatic heterocycles. The van der Waals surface area contributed by atoms with Crippen molar-refractivity contribution in [3.8, 4) is 11.4 Å². The monoisotopic (exact) mass is 272 g/mol. The minimum absolute atomic E-state index is 0.484. The van der Waals surface area contributed by atoms with Gasteiger partial charge in [0.15, 0.2) is 16.6 Å². The maximum absolute atomic E-state index is 6.15. The van der Waals surface area contributed by atoms with Gasteiger partial charge < -0.3 is 0 Å². The molecule has 2 aromatic heterocycles. The van der Waals surface area contributed by atoms with E-state index in [-0.39, 0.29) is 0 Å². The Morgan fingerprint density at radius 3 is 2.32 bits per heavy atom. The quantitative estimate of drug-likeness (QED) is 0.682. The van der Waals surface area contributed by atoms with E-state index in [4.69, 9.17) is 11.6 Å². The van der Waals surface area contributed by atoms with E-state index in [1.807, 2.05) is 45.0 Å². The second-order valence-corrected chi connectivity index (χ2v) is 5.02. The van der Waals surface area contributed by atoms with Crippen molar-refractivity contribution in [1.29, 1.82) is 0 Å². The number of hydrogen-bond donors (Lipinski definition) is 0. The molecule has 2 heterocycles. The highest BCUT2D eigenvalue weighted by atomic mass is 35.5. The van der Waals surface area contributed by atoms with Crippen LogP contribution in [-0.2, 0) is 0 Å². The zero-order chi connectivity index (χ0) is 13.6. The van der Waals surface area contributed by atoms with Crippen LogP contribution in [0.25, 0.3) is 17.0 Å². The predicted octanol–water partition coefficient (Wildman–Crippen LogP) is 3.37. The summed E-state index contributed by atoms with van der Waals surface area (Å²) in [5.74, 6) is 0.708. The first-order chi connectivity index (χ1) is 9.08. The molecule has 0 radical (unpaired) electrons. The van der Waals surface area contributed by atoms with Crippen LogP contribution < -0.4 is 0 Å². The molecule has 0 bridgehead atoms. The molecule has 96 valence electrons. The Balaban J connectivity index is 2.29. The van der Waals surface area contributed by atoms with Crippen LogP contribution in [0, 0.1) is 20.8 Å². The number of rotatable bonds is 1. The van der Waals surface area contributed by atoms with Gasteiger partial charge >= 0.3 is 0 Å². The molecule has 4 nitrogen and oxygen atoms in total. The molecule has 3 rings (SSSR count). The molecule has 5 heteroatoms. The largest absolute Gasteiger partial charge is 0.191 e. The molecular formula is C14H13ClN4. The minimum atomic E-state index is 0.484. The van der Waals surface area contributed by atoms with E-state index in [0.29, 0.717) is 11.0 Å². The molecule has 3 aromatic rings. The van der Waals surface area contributed by atoms with Gasteiger partial charge in [0.05, 0.1) is 0 Å². The number of hydrogen-bond acceptors (Lipinski definition) is 3. The lowest BCUT2D eigenvalue weighted by Crippen LogP contribution is -2.00. The molecule has 0 spiro atoms. The third kappa shape index (κ3) is 1.88. The molecule has 0 saturated carbocycles. The number of aromatic nitrogens is 4. The molecule has 0 unspecified atom stereocenters. The zero-order valence-corrected chi connectivity index (χ0v) is 11.7. The number of benzene rings is 1. The fourth-order valence-electron chi connectivity index (χ4n) is 1.98. The van der Waals surface area contributed by atoms with Gasteiger partial charge in [-0.1, -0.05) is 41.4 Å². The maximum Gasteiger partial charge on any atom is 0.185 e. The van der Waals surface area contributed by atoms with Gasteiger partial charge in [-0.15, -0.1) is 10.2 Å². The molecule has 0 N–H and O–H groups in total. The third-order valence-corrected chi connectivity index (χ3v) is 3.70. The van der Waals surface area contributed by atoms with E-state index >= 15 is 0 Å². The van der Waals surface area contributed by atoms with Crippen LogP contribution in [0.3, 0.4) is 0 Å². The van der Waals surface area contributed by atoms with Gasteiger partial charge in [0, 0.05) is 11.1 Å². The standard InChI is InChI=1S/C14H13ClN4/c1-8-4-6-11(7-5-8)14-17-16-13-10(3)9(2)12(15)18-19(13)14/h4-7H,1-3H3. The summed E-state index contributed by atoms with van der Waals surface area (Å²) in [5, 5.41) is 13.3. The lowest BCUT2D eigenvalue weighted by atomic mass is 10.1. The predicted molar refractivity (Wildman–Crippen MR) is 75.4 cm³/mol. The highest BCUT2D eigenvalue weighted by molar-refractivity contribution is 6.30. The summed E-state index contributed by atoms with van der Waals surface area (Å²) in [6, 6.07) is 8.10. The van der Waals surface area contributed by atoms with Crippen molar-refractivity contribution in [3.63, 3.8) is 0 Å². The first-order valence-electron chi connectivity index (χ1n) is 6.03. The van der Waals surface area contributed by atoms with Gasteiger partial charge in [-0.2, -0.15) is 9.61 Å². The van der Waals surface area contributed by atoms with Crippen LogP contribution in [-0.4, -0.2) is 19.8 Å². The van der Waals surface area contributed by atoms with E-state index in [1.54, 1.807) is 4.52 Å². The van der Waals surface area contributed by atoms with Crippen LogP contribution in [0.4, 0.5) is 0 Å². The molecule has 0 saturated heterocycles. The fraction of sp³-hybridized carbons (Fsp3) is 0.214. The van der Waals surface area contributed by atoms with E-state index < -0.39 is 0 Å². The van der Waals surface area contributed by atoms with Gasteiger partial charge in [0.2, 0.25) is 0 Å². The zero-order valence-electron chi connectivity index (χ0n) is 11.0. The van der Waals surface area contributed by atoms with Crippen LogP contribution in [0.1, 0.15) is 16.7 Å². The minimum Gasteiger partial charge on any atom is -0.191 e. The fourth-order valence-corrected chi connectivity index (χ4v) is 2.19. The molecule has 0 aliphatic rings. The highest BCUT2D eigenvalue weighted by Crippen LogP contribution is 2.23. The Hall–Kier alpha value is -1.94. The lowest BCUT2D eigenvalue weighted by molar-refractivity contribution is 0.919. The Labute approximate surface area is 116 Å². The Morgan fingerprint density at radius 2 is 1.63 bits per heavy atom. The summed E-state index contributed by atoms with van der Waals surface area (Å²) in [6.45, 7) is 5.96. The summed E-state index contributed by atoms with van der Waals surface area (Å²) in [5.41, 5.74) is 4.88. The van der Waals surface area contributed by atoms with Gasteiger partial charge in [-0.3, -0.25) is 0 Å². The molecule has 1 aromatic carbocycles. The topological polar surface area (TPSA) is 43.1 Å². The van der Waals surface area contributed by atoms with Crippen molar-refractivity contribution in [1.82, 2.24) is 19.8 Å². The van der Waals surface area contributed by atoms with Gasteiger partial charge in [0.1, 0.15) is 0 Å². The first-order valence-corrected chi connectivity index (χ1v) is 6.41. The first kappa shape index (κ1) is 12.1. The molecule has 0 atom stereocenters. The summed E-state index contributed by atoms with van der Waals surface area (Å²) in [6.07, 6.45) is 0. The summed E-state index contributed by atoms with van der Waals surface area (Å²) in [7, 11) is 0. The van der Waals surface area contributed by atoms with Crippen molar-refractivity contribution in [3.05, 3.63) is 46.1 Å². The highest BCUT2D eigenvalue weighted by Gasteiger charge is 2.14. The summed E-state index contributed by atoms with van der Waals surface area (Å²) >= 11 is 6.15. The van der Waals surface area contributed by atoms with Crippen LogP contribution in [0.2, 0.25) is 5.15 Å². The molecule has 0 fully saturated rings. The maximum atomic E-state index is 6.15. The van der Waals surface area contributed by atoms with Crippen LogP contribution in [0.5, 0.6) is 0 Å². The molecular weight excluding hydrogens is 260 g/mol. The van der Waals surface area contributed by atoms with Crippen molar-refractivity contribution in [2.75, 3.05) is 0 Å². The van der Waals surface area contributed by atoms with Crippen LogP contribution in [0.15, 0.2) is 24.3 Å². The van der Waals surface area contributed by atoms with E-state index in [2.05, 4.69) is 15.3 Å². The Morgan fingerprint density at radius 1 is 0.947 bits per heavy atom. The molecule has 0 amide bonds. The van der Waals surface area contributed by atoms with Gasteiger partial charge in [-0.25, -0.2) is 0 Å². The number of halogens is 1. The molecule has 19 heavy (non-hydrogen) atoms. The lowest BCUT2D eigenvalue weighted by Gasteiger charge is -2.05. The van der Waals surface area contributed by atoms with Crippen molar-refractivity contribution >= 4 is 17.2 Å². The number of nitrogens with zero attached hydrogens (tertiary/aromatic N) is 4. The van der Waals surface area contributed by atoms with E-state index in [9.17, 15) is 0 Å². The Kier molecular flexibility index (Phi) is 2.75. The van der Waals surface area contributed by atoms with Crippen LogP contribution >= 0.6 is 11.6 Å². The second kappa shape index (κ2) is 4.31. The van der Waals surface area contributed by atoms with Crippen molar-refractivity contribution < 1.29 is 0 Å².